The van der Waals surface area contributed by atoms with E-state index in [1.165, 1.54) is 0 Å². The van der Waals surface area contributed by atoms with Gasteiger partial charge in [-0.1, -0.05) is 0 Å². The predicted octanol–water partition coefficient (Wildman–Crippen LogP) is 2.72. The number of rotatable bonds is 4. The first-order chi connectivity index (χ1) is 9.74. The molecule has 0 fully saturated rings. The van der Waals surface area contributed by atoms with Crippen molar-refractivity contribution in [2.45, 2.75) is 11.4 Å². The van der Waals surface area contributed by atoms with Gasteiger partial charge in [0.2, 0.25) is 0 Å². The second kappa shape index (κ2) is 5.70. The average molecular weight is 385 g/mol. The molecule has 0 aliphatic heterocycles. The number of hydrogen-bond donors (Lipinski definition) is 2. The smallest absolute Gasteiger partial charge is 0.266 e. The Labute approximate surface area is 126 Å². The van der Waals surface area contributed by atoms with Crippen LogP contribution in [0.25, 0.3) is 0 Å². The van der Waals surface area contributed by atoms with Crippen LogP contribution in [-0.4, -0.2) is 8.42 Å². The molecule has 5 nitrogen and oxygen atoms in total. The van der Waals surface area contributed by atoms with Gasteiger partial charge in [0.25, 0.3) is 10.0 Å². The third-order valence-electron chi connectivity index (χ3n) is 2.43. The first-order valence-corrected chi connectivity index (χ1v) is 7.68. The quantitative estimate of drug-likeness (QED) is 0.793. The van der Waals surface area contributed by atoms with Crippen molar-refractivity contribution in [3.05, 3.63) is 46.1 Å². The Balaban J connectivity index is 2.39. The fourth-order valence-electron chi connectivity index (χ4n) is 1.51. The molecule has 1 aromatic carbocycles. The Hall–Kier alpha value is -1.52. The van der Waals surface area contributed by atoms with Gasteiger partial charge in [-0.15, -0.1) is 0 Å². The van der Waals surface area contributed by atoms with Crippen LogP contribution >= 0.6 is 15.9 Å². The maximum Gasteiger partial charge on any atom is 0.266 e. The first kappa shape index (κ1) is 15.9. The van der Waals surface area contributed by atoms with E-state index < -0.39 is 33.2 Å². The van der Waals surface area contributed by atoms with Gasteiger partial charge in [0.1, 0.15) is 10.7 Å². The van der Waals surface area contributed by atoms with Crippen LogP contribution in [-0.2, 0) is 16.6 Å². The molecule has 0 aliphatic carbocycles. The number of furan rings is 1. The van der Waals surface area contributed by atoms with E-state index in [4.69, 9.17) is 10.2 Å². The highest BCUT2D eigenvalue weighted by atomic mass is 79.9. The zero-order valence-corrected chi connectivity index (χ0v) is 12.6. The van der Waals surface area contributed by atoms with E-state index >= 15 is 0 Å². The molecule has 2 aromatic rings. The van der Waals surface area contributed by atoms with Crippen molar-refractivity contribution >= 4 is 31.6 Å². The van der Waals surface area contributed by atoms with E-state index in [2.05, 4.69) is 15.9 Å². The molecule has 0 aliphatic rings. The molecule has 1 heterocycles. The number of hydrogen-bond acceptors (Lipinski definition) is 4. The Morgan fingerprint density at radius 3 is 2.24 bits per heavy atom. The van der Waals surface area contributed by atoms with E-state index in [9.17, 15) is 21.6 Å². The zero-order valence-electron chi connectivity index (χ0n) is 10.2. The van der Waals surface area contributed by atoms with Crippen LogP contribution in [0, 0.1) is 17.5 Å². The summed E-state index contributed by atoms with van der Waals surface area (Å²) in [6.07, 6.45) is 0. The summed E-state index contributed by atoms with van der Waals surface area (Å²) < 4.78 is 69.9. The van der Waals surface area contributed by atoms with Gasteiger partial charge in [0.15, 0.2) is 22.1 Å². The Morgan fingerprint density at radius 1 is 1.19 bits per heavy atom. The van der Waals surface area contributed by atoms with Gasteiger partial charge in [-0.3, -0.25) is 4.72 Å². The second-order valence-corrected chi connectivity index (χ2v) is 6.29. The van der Waals surface area contributed by atoms with Gasteiger partial charge in [-0.05, 0) is 15.9 Å². The molecular formula is C11H8BrF3N2O3S. The molecule has 0 amide bonds. The zero-order chi connectivity index (χ0) is 15.8. The molecule has 0 spiro atoms. The monoisotopic (exact) mass is 384 g/mol. The van der Waals surface area contributed by atoms with E-state index in [0.29, 0.717) is 12.1 Å². The van der Waals surface area contributed by atoms with Crippen molar-refractivity contribution < 1.29 is 26.0 Å². The van der Waals surface area contributed by atoms with Crippen molar-refractivity contribution in [3.63, 3.8) is 0 Å². The van der Waals surface area contributed by atoms with Gasteiger partial charge in [0.05, 0.1) is 12.2 Å². The minimum absolute atomic E-state index is 0.0338. The van der Waals surface area contributed by atoms with Gasteiger partial charge >= 0.3 is 0 Å². The summed E-state index contributed by atoms with van der Waals surface area (Å²) in [5.41, 5.74) is 4.85. The molecule has 0 bridgehead atoms. The minimum atomic E-state index is -4.18. The van der Waals surface area contributed by atoms with Crippen LogP contribution in [0.1, 0.15) is 5.76 Å². The van der Waals surface area contributed by atoms with Crippen LogP contribution in [0.3, 0.4) is 0 Å². The average Bonchev–Trinajstić information content (AvgIpc) is 2.77. The van der Waals surface area contributed by atoms with Crippen LogP contribution in [0.2, 0.25) is 0 Å². The molecule has 10 heteroatoms. The fourth-order valence-corrected chi connectivity index (χ4v) is 3.55. The molecule has 1 aromatic heterocycles. The van der Waals surface area contributed by atoms with Gasteiger partial charge in [-0.2, -0.15) is 0 Å². The summed E-state index contributed by atoms with van der Waals surface area (Å²) in [5.74, 6) is -4.52. The summed E-state index contributed by atoms with van der Waals surface area (Å²) in [4.78, 5) is -0.298. The number of benzene rings is 1. The summed E-state index contributed by atoms with van der Waals surface area (Å²) >= 11 is 2.90. The van der Waals surface area contributed by atoms with Crippen LogP contribution in [0.4, 0.5) is 18.9 Å². The predicted molar refractivity (Wildman–Crippen MR) is 71.4 cm³/mol. The molecule has 0 unspecified atom stereocenters. The molecule has 0 saturated carbocycles. The highest BCUT2D eigenvalue weighted by Crippen LogP contribution is 2.28. The van der Waals surface area contributed by atoms with E-state index in [1.807, 2.05) is 4.72 Å². The number of nitrogens with one attached hydrogen (secondary N) is 1. The summed E-state index contributed by atoms with van der Waals surface area (Å²) in [6.45, 7) is -0.0338. The van der Waals surface area contributed by atoms with Gasteiger partial charge in [0, 0.05) is 18.2 Å². The van der Waals surface area contributed by atoms with E-state index in [1.54, 1.807) is 0 Å². The third kappa shape index (κ3) is 3.22. The van der Waals surface area contributed by atoms with E-state index in [-0.39, 0.29) is 21.9 Å². The lowest BCUT2D eigenvalue weighted by molar-refractivity contribution is 0.448. The SMILES string of the molecule is NCc1cc(S(=O)(=O)Nc2cc(F)c(F)c(F)c2)c(Br)o1. The fraction of sp³-hybridized carbons (Fsp3) is 0.0909. The van der Waals surface area contributed by atoms with E-state index in [0.717, 1.165) is 6.07 Å². The first-order valence-electron chi connectivity index (χ1n) is 5.40. The number of anilines is 1. The van der Waals surface area contributed by atoms with Crippen molar-refractivity contribution in [2.24, 2.45) is 5.73 Å². The van der Waals surface area contributed by atoms with Crippen molar-refractivity contribution in [1.29, 1.82) is 0 Å². The number of halogens is 4. The molecule has 21 heavy (non-hydrogen) atoms. The Kier molecular flexibility index (Phi) is 4.30. The molecule has 114 valence electrons. The Bertz CT molecular complexity index is 769. The maximum absolute atomic E-state index is 13.1. The number of sulfonamides is 1. The molecule has 3 N–H and O–H groups in total. The third-order valence-corrected chi connectivity index (χ3v) is 4.67. The van der Waals surface area contributed by atoms with Crippen LogP contribution in [0.5, 0.6) is 0 Å². The molecule has 0 radical (unpaired) electrons. The number of nitrogens with two attached hydrogens (primary N) is 1. The lowest BCUT2D eigenvalue weighted by Gasteiger charge is -2.07. The molecule has 0 saturated heterocycles. The van der Waals surface area contributed by atoms with Crippen molar-refractivity contribution in [1.82, 2.24) is 0 Å². The minimum Gasteiger partial charge on any atom is -0.452 e. The van der Waals surface area contributed by atoms with Gasteiger partial charge in [-0.25, -0.2) is 21.6 Å². The van der Waals surface area contributed by atoms with Crippen molar-refractivity contribution in [3.8, 4) is 0 Å². The molecule has 0 atom stereocenters. The second-order valence-electron chi connectivity index (χ2n) is 3.91. The highest BCUT2D eigenvalue weighted by Gasteiger charge is 2.23. The summed E-state index contributed by atoms with van der Waals surface area (Å²) in [7, 11) is -4.18. The standard InChI is InChI=1S/C11H8BrF3N2O3S/c12-11-9(3-6(4-16)20-11)21(18,19)17-5-1-7(13)10(15)8(14)2-5/h1-3,17H,4,16H2. The summed E-state index contributed by atoms with van der Waals surface area (Å²) in [6, 6.07) is 2.20. The lowest BCUT2D eigenvalue weighted by Crippen LogP contribution is -2.13. The lowest BCUT2D eigenvalue weighted by atomic mass is 10.3. The Morgan fingerprint density at radius 2 is 1.76 bits per heavy atom. The highest BCUT2D eigenvalue weighted by molar-refractivity contribution is 9.10. The topological polar surface area (TPSA) is 85.3 Å². The molecule has 2 rings (SSSR count). The molecular weight excluding hydrogens is 377 g/mol. The van der Waals surface area contributed by atoms with Crippen molar-refractivity contribution in [2.75, 3.05) is 4.72 Å². The van der Waals surface area contributed by atoms with Crippen LogP contribution < -0.4 is 10.5 Å². The summed E-state index contributed by atoms with van der Waals surface area (Å²) in [5, 5.41) is 0. The van der Waals surface area contributed by atoms with Gasteiger partial charge < -0.3 is 10.2 Å². The maximum atomic E-state index is 13.1. The normalized spacial score (nSPS) is 11.7. The van der Waals surface area contributed by atoms with Crippen LogP contribution in [0.15, 0.2) is 32.2 Å². The largest absolute Gasteiger partial charge is 0.452 e.